The number of unbranched alkanes of at least 4 members (excludes halogenated alkanes) is 3. The molecule has 2 atom stereocenters. The van der Waals surface area contributed by atoms with Crippen molar-refractivity contribution in [3.05, 3.63) is 0 Å². The Morgan fingerprint density at radius 3 is 2.67 bits per heavy atom. The highest BCUT2D eigenvalue weighted by atomic mass is 32.2. The van der Waals surface area contributed by atoms with Crippen LogP contribution in [0.25, 0.3) is 0 Å². The molecule has 3 heteroatoms. The Hall–Kier alpha value is 0.270. The summed E-state index contributed by atoms with van der Waals surface area (Å²) in [6.45, 7) is 8.65. The van der Waals surface area contributed by atoms with Crippen LogP contribution in [0.5, 0.6) is 0 Å². The topological polar surface area (TPSA) is 15.3 Å². The Bertz CT molecular complexity index is 231. The number of nitrogens with one attached hydrogen (secondary N) is 1. The van der Waals surface area contributed by atoms with E-state index in [0.717, 1.165) is 17.3 Å². The molecule has 1 saturated carbocycles. The zero-order chi connectivity index (χ0) is 12.8. The Morgan fingerprint density at radius 2 is 1.89 bits per heavy atom. The van der Waals surface area contributed by atoms with Crippen LogP contribution in [0.2, 0.25) is 0 Å². The van der Waals surface area contributed by atoms with Crippen LogP contribution in [0.1, 0.15) is 52.4 Å². The summed E-state index contributed by atoms with van der Waals surface area (Å²) < 4.78 is 0. The van der Waals surface area contributed by atoms with Crippen LogP contribution < -0.4 is 5.32 Å². The highest BCUT2D eigenvalue weighted by Gasteiger charge is 2.24. The van der Waals surface area contributed by atoms with Crippen molar-refractivity contribution < 1.29 is 0 Å². The van der Waals surface area contributed by atoms with E-state index >= 15 is 0 Å². The van der Waals surface area contributed by atoms with E-state index in [0.29, 0.717) is 0 Å². The summed E-state index contributed by atoms with van der Waals surface area (Å²) in [5, 5.41) is 4.42. The van der Waals surface area contributed by atoms with Gasteiger partial charge in [0.15, 0.2) is 0 Å². The van der Waals surface area contributed by atoms with Crippen LogP contribution in [-0.2, 0) is 0 Å². The fourth-order valence-electron chi connectivity index (χ4n) is 2.70. The van der Waals surface area contributed by atoms with Gasteiger partial charge in [0.2, 0.25) is 0 Å². The van der Waals surface area contributed by atoms with Gasteiger partial charge in [-0.1, -0.05) is 19.8 Å². The van der Waals surface area contributed by atoms with Crippen molar-refractivity contribution >= 4 is 11.8 Å². The van der Waals surface area contributed by atoms with Crippen molar-refractivity contribution in [3.8, 4) is 0 Å². The van der Waals surface area contributed by atoms with E-state index in [4.69, 9.17) is 0 Å². The van der Waals surface area contributed by atoms with Gasteiger partial charge in [-0.2, -0.15) is 11.8 Å². The molecule has 106 valence electrons. The maximum atomic E-state index is 3.60. The molecule has 2 unspecified atom stereocenters. The van der Waals surface area contributed by atoms with Crippen LogP contribution in [0, 0.1) is 0 Å². The first-order chi connectivity index (χ1) is 8.77. The van der Waals surface area contributed by atoms with Gasteiger partial charge in [-0.25, -0.2) is 0 Å². The molecule has 0 radical (unpaired) electrons. The number of hydrogen-bond donors (Lipinski definition) is 1. The second-order valence-electron chi connectivity index (χ2n) is 6.00. The summed E-state index contributed by atoms with van der Waals surface area (Å²) in [7, 11) is 0. The molecule has 1 saturated heterocycles. The normalized spacial score (nSPS) is 29.7. The van der Waals surface area contributed by atoms with E-state index in [1.54, 1.807) is 0 Å². The van der Waals surface area contributed by atoms with Gasteiger partial charge in [-0.15, -0.1) is 0 Å². The molecule has 2 fully saturated rings. The molecule has 1 heterocycles. The highest BCUT2D eigenvalue weighted by Crippen LogP contribution is 2.24. The molecule has 1 aliphatic heterocycles. The van der Waals surface area contributed by atoms with Crippen LogP contribution in [0.4, 0.5) is 0 Å². The Labute approximate surface area is 117 Å². The van der Waals surface area contributed by atoms with Crippen LogP contribution in [0.15, 0.2) is 0 Å². The minimum absolute atomic E-state index is 0.778. The number of nitrogens with zero attached hydrogens (tertiary/aromatic N) is 1. The van der Waals surface area contributed by atoms with E-state index in [9.17, 15) is 0 Å². The third-order valence-electron chi connectivity index (χ3n) is 4.40. The van der Waals surface area contributed by atoms with Gasteiger partial charge in [0.05, 0.1) is 0 Å². The molecule has 2 nitrogen and oxygen atoms in total. The number of thioether (sulfide) groups is 1. The van der Waals surface area contributed by atoms with E-state index in [1.807, 2.05) is 0 Å². The van der Waals surface area contributed by atoms with Crippen molar-refractivity contribution in [1.29, 1.82) is 0 Å². The zero-order valence-corrected chi connectivity index (χ0v) is 13.0. The minimum Gasteiger partial charge on any atom is -0.314 e. The highest BCUT2D eigenvalue weighted by molar-refractivity contribution is 8.00. The predicted octanol–water partition coefficient (Wildman–Crippen LogP) is 3.12. The average molecular weight is 270 g/mol. The predicted molar refractivity (Wildman–Crippen MR) is 82.4 cm³/mol. The molecule has 0 aromatic carbocycles. The van der Waals surface area contributed by atoms with Crippen LogP contribution in [0.3, 0.4) is 0 Å². The van der Waals surface area contributed by atoms with Crippen LogP contribution >= 0.6 is 11.8 Å². The first kappa shape index (κ1) is 14.7. The minimum atomic E-state index is 0.778. The SMILES string of the molecule is CC1SCCN(CCCCCCNC2CC2)C1C. The lowest BCUT2D eigenvalue weighted by atomic mass is 10.1. The lowest BCUT2D eigenvalue weighted by molar-refractivity contribution is 0.208. The van der Waals surface area contributed by atoms with E-state index in [1.165, 1.54) is 63.9 Å². The molecular formula is C15H30N2S. The molecule has 1 aliphatic carbocycles. The van der Waals surface area contributed by atoms with Gasteiger partial charge in [-0.3, -0.25) is 4.90 Å². The maximum Gasteiger partial charge on any atom is 0.0184 e. The largest absolute Gasteiger partial charge is 0.314 e. The fourth-order valence-corrected chi connectivity index (χ4v) is 3.86. The van der Waals surface area contributed by atoms with Gasteiger partial charge < -0.3 is 5.32 Å². The van der Waals surface area contributed by atoms with Crippen molar-refractivity contribution in [1.82, 2.24) is 10.2 Å². The number of rotatable bonds is 8. The van der Waals surface area contributed by atoms with E-state index in [-0.39, 0.29) is 0 Å². The second kappa shape index (κ2) is 7.76. The molecule has 0 bridgehead atoms. The lowest BCUT2D eigenvalue weighted by Gasteiger charge is -2.37. The molecule has 0 spiro atoms. The number of hydrogen-bond acceptors (Lipinski definition) is 3. The zero-order valence-electron chi connectivity index (χ0n) is 12.2. The lowest BCUT2D eigenvalue weighted by Crippen LogP contribution is -2.44. The van der Waals surface area contributed by atoms with Crippen molar-refractivity contribution in [3.63, 3.8) is 0 Å². The van der Waals surface area contributed by atoms with Gasteiger partial charge in [0.1, 0.15) is 0 Å². The maximum absolute atomic E-state index is 3.60. The summed E-state index contributed by atoms with van der Waals surface area (Å²) in [6, 6.07) is 1.67. The molecule has 2 aliphatic rings. The Balaban J connectivity index is 1.44. The summed E-state index contributed by atoms with van der Waals surface area (Å²) in [4.78, 5) is 2.70. The van der Waals surface area contributed by atoms with Gasteiger partial charge in [0, 0.05) is 29.6 Å². The molecule has 0 aromatic rings. The quantitative estimate of drug-likeness (QED) is 0.682. The van der Waals surface area contributed by atoms with E-state index in [2.05, 4.69) is 35.8 Å². The molecule has 0 amide bonds. The van der Waals surface area contributed by atoms with Gasteiger partial charge in [-0.05, 0) is 45.7 Å². The molecular weight excluding hydrogens is 240 g/mol. The monoisotopic (exact) mass is 270 g/mol. The third kappa shape index (κ3) is 5.10. The Morgan fingerprint density at radius 1 is 1.11 bits per heavy atom. The van der Waals surface area contributed by atoms with Crippen molar-refractivity contribution in [2.45, 2.75) is 69.7 Å². The second-order valence-corrected chi connectivity index (χ2v) is 7.48. The average Bonchev–Trinajstić information content (AvgIpc) is 3.17. The summed E-state index contributed by atoms with van der Waals surface area (Å²) in [6.07, 6.45) is 8.43. The van der Waals surface area contributed by atoms with Crippen molar-refractivity contribution in [2.75, 3.05) is 25.4 Å². The molecule has 18 heavy (non-hydrogen) atoms. The van der Waals surface area contributed by atoms with Gasteiger partial charge >= 0.3 is 0 Å². The fraction of sp³-hybridized carbons (Fsp3) is 1.00. The standard InChI is InChI=1S/C15H30N2S/c1-13-14(2)18-12-11-17(13)10-6-4-3-5-9-16-15-7-8-15/h13-16H,3-12H2,1-2H3. The molecule has 2 rings (SSSR count). The first-order valence-corrected chi connectivity index (χ1v) is 8.91. The first-order valence-electron chi connectivity index (χ1n) is 7.86. The molecule has 0 aromatic heterocycles. The molecule has 1 N–H and O–H groups in total. The van der Waals surface area contributed by atoms with Gasteiger partial charge in [0.25, 0.3) is 0 Å². The van der Waals surface area contributed by atoms with E-state index < -0.39 is 0 Å². The Kier molecular flexibility index (Phi) is 6.33. The smallest absolute Gasteiger partial charge is 0.0184 e. The summed E-state index contributed by atoms with van der Waals surface area (Å²) >= 11 is 2.14. The summed E-state index contributed by atoms with van der Waals surface area (Å²) in [5.74, 6) is 1.33. The third-order valence-corrected chi connectivity index (χ3v) is 5.73. The van der Waals surface area contributed by atoms with Crippen LogP contribution in [-0.4, -0.2) is 47.6 Å². The summed E-state index contributed by atoms with van der Waals surface area (Å²) in [5.41, 5.74) is 0. The van der Waals surface area contributed by atoms with Crippen molar-refractivity contribution in [2.24, 2.45) is 0 Å².